The first-order chi connectivity index (χ1) is 39.4. The lowest BCUT2D eigenvalue weighted by Crippen LogP contribution is -2.62. The van der Waals surface area contributed by atoms with Crippen molar-refractivity contribution in [2.75, 3.05) is 14.7 Å². The average Bonchev–Trinajstić information content (AvgIpc) is 1.83. The van der Waals surface area contributed by atoms with Gasteiger partial charge >= 0.3 is 0 Å². The lowest BCUT2D eigenvalue weighted by Gasteiger charge is -2.51. The maximum atomic E-state index is 7.43. The first-order valence-corrected chi connectivity index (χ1v) is 31.3. The van der Waals surface area contributed by atoms with Gasteiger partial charge in [-0.1, -0.05) is 181 Å². The number of hydrogen-bond acceptors (Lipinski definition) is 5. The zero-order valence-corrected chi connectivity index (χ0v) is 51.6. The van der Waals surface area contributed by atoms with Crippen LogP contribution < -0.4 is 31.1 Å². The quantitative estimate of drug-likeness (QED) is 0.165. The smallest absolute Gasteiger partial charge is 0.252 e. The minimum Gasteiger partial charge on any atom is -0.454 e. The fourth-order valence-electron chi connectivity index (χ4n) is 17.4. The molecule has 6 heteroatoms. The van der Waals surface area contributed by atoms with Crippen molar-refractivity contribution in [3.05, 3.63) is 172 Å². The summed E-state index contributed by atoms with van der Waals surface area (Å²) in [5.41, 5.74) is 26.9. The number of para-hydroxylation sites is 3. The molecule has 5 heterocycles. The molecule has 6 aliphatic rings. The van der Waals surface area contributed by atoms with Gasteiger partial charge in [0.15, 0.2) is 11.2 Å². The first kappa shape index (κ1) is 51.5. The molecule has 3 aliphatic heterocycles. The summed E-state index contributed by atoms with van der Waals surface area (Å²) < 4.78 is 14.7. The molecule has 8 aromatic carbocycles. The van der Waals surface area contributed by atoms with Crippen LogP contribution in [0.5, 0.6) is 0 Å². The van der Waals surface area contributed by atoms with Crippen LogP contribution in [0.2, 0.25) is 0 Å². The number of furan rings is 2. The zero-order chi connectivity index (χ0) is 57.4. The van der Waals surface area contributed by atoms with Crippen LogP contribution in [0, 0.1) is 6.92 Å². The van der Waals surface area contributed by atoms with E-state index in [1.54, 1.807) is 0 Å². The average molecular weight is 1090 g/mol. The van der Waals surface area contributed by atoms with Gasteiger partial charge in [0.25, 0.3) is 6.71 Å². The topological polar surface area (TPSA) is 36.0 Å². The van der Waals surface area contributed by atoms with E-state index in [1.165, 1.54) is 102 Å². The summed E-state index contributed by atoms with van der Waals surface area (Å²) in [6.45, 7) is 34.4. The number of nitrogens with zero attached hydrogens (tertiary/aromatic N) is 3. The van der Waals surface area contributed by atoms with Crippen LogP contribution in [0.4, 0.5) is 45.5 Å². The first-order valence-electron chi connectivity index (χ1n) is 31.3. The molecule has 2 unspecified atom stereocenters. The lowest BCUT2D eigenvalue weighted by atomic mass is 9.33. The van der Waals surface area contributed by atoms with Gasteiger partial charge in [-0.3, -0.25) is 0 Å². The monoisotopic (exact) mass is 1090 g/mol. The van der Waals surface area contributed by atoms with Crippen LogP contribution in [0.3, 0.4) is 0 Å². The van der Waals surface area contributed by atoms with Crippen molar-refractivity contribution in [1.29, 1.82) is 0 Å². The van der Waals surface area contributed by atoms with E-state index in [9.17, 15) is 0 Å². The Hall–Kier alpha value is -7.18. The molecule has 0 saturated heterocycles. The highest BCUT2D eigenvalue weighted by molar-refractivity contribution is 7.00. The molecule has 3 aliphatic carbocycles. The standard InChI is InChI=1S/C77H80BN3O2/c1-45-38-52-54(74(9,10)36-34-72(52,5)6)43-61(45)80-64-41-47(81-59-31-28-46(71(2,3)4)39-56(59)76(13)32-19-20-33-77(76,81)14)40-63-67(64)78(57-30-29-51-49-23-16-18-27-66(49)83-70(51)68(57)80)58-42-53-55(75(11,12)37-35-73(53,7)8)44-62(58)79(63)60-25-21-24-50-48-22-15-17-26-65(48)82-69(50)60/h15-18,21-31,38-44H,19-20,32-37H2,1-14H3. The van der Waals surface area contributed by atoms with E-state index >= 15 is 0 Å². The van der Waals surface area contributed by atoms with Crippen molar-refractivity contribution in [3.8, 4) is 0 Å². The van der Waals surface area contributed by atoms with Gasteiger partial charge < -0.3 is 23.5 Å². The van der Waals surface area contributed by atoms with Gasteiger partial charge in [0.1, 0.15) is 11.2 Å². The second kappa shape index (κ2) is 16.6. The second-order valence-electron chi connectivity index (χ2n) is 30.5. The molecule has 10 aromatic rings. The van der Waals surface area contributed by atoms with Crippen LogP contribution in [0.25, 0.3) is 43.9 Å². The molecule has 1 fully saturated rings. The van der Waals surface area contributed by atoms with Gasteiger partial charge in [0.2, 0.25) is 0 Å². The highest BCUT2D eigenvalue weighted by Crippen LogP contribution is 2.63. The van der Waals surface area contributed by atoms with Crippen molar-refractivity contribution in [2.24, 2.45) is 0 Å². The minimum absolute atomic E-state index is 0.00974. The van der Waals surface area contributed by atoms with Crippen molar-refractivity contribution in [1.82, 2.24) is 0 Å². The minimum atomic E-state index is -0.212. The number of hydrogen-bond donors (Lipinski definition) is 0. The predicted octanol–water partition coefficient (Wildman–Crippen LogP) is 19.6. The van der Waals surface area contributed by atoms with Crippen molar-refractivity contribution in [2.45, 2.75) is 186 Å². The van der Waals surface area contributed by atoms with Gasteiger partial charge in [-0.05, 0) is 183 Å². The Morgan fingerprint density at radius 3 is 1.64 bits per heavy atom. The summed E-state index contributed by atoms with van der Waals surface area (Å²) in [6, 6.07) is 52.4. The van der Waals surface area contributed by atoms with E-state index in [2.05, 4.69) is 245 Å². The molecule has 0 amide bonds. The molecular weight excluding hydrogens is 1010 g/mol. The Labute approximate surface area is 492 Å². The Morgan fingerprint density at radius 2 is 0.988 bits per heavy atom. The summed E-state index contributed by atoms with van der Waals surface area (Å²) in [4.78, 5) is 8.23. The van der Waals surface area contributed by atoms with Crippen molar-refractivity contribution in [3.63, 3.8) is 0 Å². The Bertz CT molecular complexity index is 4480. The van der Waals surface area contributed by atoms with Crippen LogP contribution in [0.1, 0.15) is 180 Å². The Morgan fingerprint density at radius 1 is 0.434 bits per heavy atom. The molecule has 5 nitrogen and oxygen atoms in total. The molecule has 0 spiro atoms. The molecule has 1 saturated carbocycles. The molecule has 2 aromatic heterocycles. The molecular formula is C77H80BN3O2. The van der Waals surface area contributed by atoms with Gasteiger partial charge in [-0.15, -0.1) is 0 Å². The third-order valence-electron chi connectivity index (χ3n) is 22.8. The van der Waals surface area contributed by atoms with Crippen LogP contribution in [0.15, 0.2) is 142 Å². The largest absolute Gasteiger partial charge is 0.454 e. The zero-order valence-electron chi connectivity index (χ0n) is 51.6. The van der Waals surface area contributed by atoms with Gasteiger partial charge in [-0.25, -0.2) is 0 Å². The summed E-state index contributed by atoms with van der Waals surface area (Å²) in [5.74, 6) is 0. The maximum Gasteiger partial charge on any atom is 0.252 e. The lowest BCUT2D eigenvalue weighted by molar-refractivity contribution is 0.195. The van der Waals surface area contributed by atoms with Gasteiger partial charge in [0, 0.05) is 61.1 Å². The van der Waals surface area contributed by atoms with Crippen molar-refractivity contribution < 1.29 is 8.83 Å². The Balaban J connectivity index is 1.10. The van der Waals surface area contributed by atoms with E-state index in [0.29, 0.717) is 0 Å². The third kappa shape index (κ3) is 6.84. The van der Waals surface area contributed by atoms with Crippen LogP contribution in [-0.4, -0.2) is 12.3 Å². The normalized spacial score (nSPS) is 22.3. The molecule has 0 N–H and O–H groups in total. The van der Waals surface area contributed by atoms with Crippen LogP contribution >= 0.6 is 0 Å². The molecule has 0 bridgehead atoms. The third-order valence-corrected chi connectivity index (χ3v) is 22.8. The SMILES string of the molecule is Cc1cc2c(cc1N1c3cc(N4c5ccc(C(C)(C)C)cc5C5(C)CCCCC45C)cc4c3B(c3cc5c(cc3N4c3cccc4c3oc3ccccc34)C(C)(C)CCC5(C)C)c3ccc4c(oc5ccccc54)c31)C(C)(C)CCC2(C)C. The van der Waals surface area contributed by atoms with Gasteiger partial charge in [0.05, 0.1) is 16.9 Å². The molecule has 418 valence electrons. The fraction of sp³-hybridized carbons (Fsp3) is 0.377. The number of anilines is 8. The summed E-state index contributed by atoms with van der Waals surface area (Å²) in [6.07, 6.45) is 9.21. The molecule has 0 radical (unpaired) electrons. The predicted molar refractivity (Wildman–Crippen MR) is 352 cm³/mol. The molecule has 16 rings (SSSR count). The summed E-state index contributed by atoms with van der Waals surface area (Å²) in [7, 11) is 0. The van der Waals surface area contributed by atoms with Crippen molar-refractivity contribution >= 4 is 112 Å². The number of benzene rings is 8. The van der Waals surface area contributed by atoms with Gasteiger partial charge in [-0.2, -0.15) is 0 Å². The van der Waals surface area contributed by atoms with E-state index in [4.69, 9.17) is 8.83 Å². The van der Waals surface area contributed by atoms with E-state index < -0.39 is 0 Å². The fourth-order valence-corrected chi connectivity index (χ4v) is 17.4. The van der Waals surface area contributed by atoms with E-state index in [0.717, 1.165) is 93.8 Å². The Kier molecular flexibility index (Phi) is 10.3. The number of rotatable bonds is 3. The number of aryl methyl sites for hydroxylation is 1. The van der Waals surface area contributed by atoms with Crippen LogP contribution in [-0.2, 0) is 32.5 Å². The maximum absolute atomic E-state index is 7.43. The van der Waals surface area contributed by atoms with E-state index in [1.807, 2.05) is 0 Å². The molecule has 83 heavy (non-hydrogen) atoms. The summed E-state index contributed by atoms with van der Waals surface area (Å²) >= 11 is 0. The highest BCUT2D eigenvalue weighted by atomic mass is 16.3. The summed E-state index contributed by atoms with van der Waals surface area (Å²) in [5, 5.41) is 4.57. The highest BCUT2D eigenvalue weighted by Gasteiger charge is 2.59. The van der Waals surface area contributed by atoms with E-state index in [-0.39, 0.29) is 44.7 Å². The number of fused-ring (bicyclic) bond motifs is 16. The second-order valence-corrected chi connectivity index (χ2v) is 30.5. The molecule has 2 atom stereocenters.